The van der Waals surface area contributed by atoms with Gasteiger partial charge in [0.15, 0.2) is 5.41 Å². The van der Waals surface area contributed by atoms with E-state index in [1.54, 1.807) is 41.0 Å². The van der Waals surface area contributed by atoms with Gasteiger partial charge in [-0.1, -0.05) is 30.2 Å². The van der Waals surface area contributed by atoms with E-state index < -0.39 is 23.1 Å². The summed E-state index contributed by atoms with van der Waals surface area (Å²) < 4.78 is 1.69. The van der Waals surface area contributed by atoms with Crippen molar-refractivity contribution in [1.82, 2.24) is 4.57 Å². The first-order chi connectivity index (χ1) is 14.2. The van der Waals surface area contributed by atoms with Crippen molar-refractivity contribution in [3.8, 4) is 0 Å². The lowest BCUT2D eigenvalue weighted by Gasteiger charge is -2.25. The third kappa shape index (κ3) is 3.17. The summed E-state index contributed by atoms with van der Waals surface area (Å²) in [6.45, 7) is 5.54. The van der Waals surface area contributed by atoms with E-state index in [9.17, 15) is 24.6 Å². The Morgan fingerprint density at radius 2 is 1.60 bits per heavy atom. The minimum Gasteiger partial charge on any atom is -0.480 e. The Hall–Kier alpha value is -3.12. The number of carbonyl (C=O) groups is 3. The maximum Gasteiger partial charge on any atom is 0.325 e. The van der Waals surface area contributed by atoms with Gasteiger partial charge in [-0.05, 0) is 56.7 Å². The summed E-state index contributed by atoms with van der Waals surface area (Å²) in [6.07, 6.45) is -0.213. The van der Waals surface area contributed by atoms with Crippen LogP contribution >= 0.6 is 11.6 Å². The fourth-order valence-electron chi connectivity index (χ4n) is 3.99. The van der Waals surface area contributed by atoms with Crippen LogP contribution in [-0.2, 0) is 21.5 Å². The predicted octanol–water partition coefficient (Wildman–Crippen LogP) is 4.67. The van der Waals surface area contributed by atoms with Gasteiger partial charge >= 0.3 is 11.9 Å². The number of hydrogen-bond acceptors (Lipinski definition) is 3. The number of rotatable bonds is 7. The van der Waals surface area contributed by atoms with Crippen LogP contribution in [0.5, 0.6) is 0 Å². The monoisotopic (exact) mass is 427 g/mol. The zero-order valence-corrected chi connectivity index (χ0v) is 17.7. The molecule has 6 nitrogen and oxygen atoms in total. The van der Waals surface area contributed by atoms with Gasteiger partial charge in [-0.2, -0.15) is 0 Å². The Balaban J connectivity index is 2.51. The van der Waals surface area contributed by atoms with Crippen LogP contribution in [0.1, 0.15) is 47.4 Å². The molecule has 2 N–H and O–H groups in total. The zero-order valence-electron chi connectivity index (χ0n) is 16.9. The normalized spacial score (nSPS) is 11.6. The number of hydrogen-bond donors (Lipinski definition) is 2. The average Bonchev–Trinajstić information content (AvgIpc) is 3.02. The predicted molar refractivity (Wildman–Crippen MR) is 114 cm³/mol. The second-order valence-corrected chi connectivity index (χ2v) is 7.63. The van der Waals surface area contributed by atoms with Gasteiger partial charge in [0.05, 0.1) is 5.69 Å². The summed E-state index contributed by atoms with van der Waals surface area (Å²) in [7, 11) is 0. The van der Waals surface area contributed by atoms with Crippen LogP contribution in [0.4, 0.5) is 0 Å². The number of halogens is 1. The fraction of sp³-hybridized carbons (Fsp3) is 0.261. The number of ketones is 1. The van der Waals surface area contributed by atoms with Crippen molar-refractivity contribution in [2.45, 2.75) is 39.2 Å². The number of aromatic nitrogens is 1. The van der Waals surface area contributed by atoms with Gasteiger partial charge in [-0.15, -0.1) is 0 Å². The topological polar surface area (TPSA) is 96.6 Å². The molecular weight excluding hydrogens is 406 g/mol. The van der Waals surface area contributed by atoms with E-state index in [0.717, 1.165) is 5.56 Å². The molecule has 1 heterocycles. The van der Waals surface area contributed by atoms with Gasteiger partial charge < -0.3 is 14.8 Å². The van der Waals surface area contributed by atoms with Crippen LogP contribution in [0.3, 0.4) is 0 Å². The maximum atomic E-state index is 13.6. The van der Waals surface area contributed by atoms with Gasteiger partial charge in [-0.25, -0.2) is 0 Å². The Labute approximate surface area is 178 Å². The second kappa shape index (κ2) is 7.95. The molecule has 3 rings (SSSR count). The van der Waals surface area contributed by atoms with E-state index >= 15 is 0 Å². The van der Waals surface area contributed by atoms with E-state index in [1.807, 2.05) is 19.9 Å². The lowest BCUT2D eigenvalue weighted by atomic mass is 9.75. The van der Waals surface area contributed by atoms with Crippen molar-refractivity contribution in [3.63, 3.8) is 0 Å². The number of nitrogens with zero attached hydrogens (tertiary/aromatic N) is 1. The molecule has 3 aromatic rings. The Bertz CT molecular complexity index is 1150. The molecule has 0 aliphatic heterocycles. The number of benzene rings is 2. The molecule has 0 fully saturated rings. The molecule has 7 heteroatoms. The molecule has 30 heavy (non-hydrogen) atoms. The molecule has 0 radical (unpaired) electrons. The summed E-state index contributed by atoms with van der Waals surface area (Å²) in [6, 6.07) is 11.6. The number of carbonyl (C=O) groups excluding carboxylic acids is 1. The second-order valence-electron chi connectivity index (χ2n) is 7.19. The first-order valence-electron chi connectivity index (χ1n) is 9.59. The smallest absolute Gasteiger partial charge is 0.325 e. The summed E-state index contributed by atoms with van der Waals surface area (Å²) in [5.41, 5.74) is -0.406. The first-order valence-corrected chi connectivity index (χ1v) is 9.97. The molecule has 1 aromatic heterocycles. The van der Waals surface area contributed by atoms with Crippen LogP contribution in [0.25, 0.3) is 10.9 Å². The van der Waals surface area contributed by atoms with E-state index in [0.29, 0.717) is 28.0 Å². The zero-order chi connectivity index (χ0) is 22.2. The highest BCUT2D eigenvalue weighted by molar-refractivity contribution is 6.30. The van der Waals surface area contributed by atoms with Crippen molar-refractivity contribution in [2.75, 3.05) is 0 Å². The molecule has 0 saturated heterocycles. The lowest BCUT2D eigenvalue weighted by molar-refractivity contribution is -0.157. The average molecular weight is 428 g/mol. The molecule has 0 amide bonds. The van der Waals surface area contributed by atoms with E-state index in [4.69, 9.17) is 11.6 Å². The molecule has 0 atom stereocenters. The van der Waals surface area contributed by atoms with E-state index in [2.05, 4.69) is 0 Å². The molecule has 0 saturated carbocycles. The minimum absolute atomic E-state index is 0.0190. The molecule has 156 valence electrons. The summed E-state index contributed by atoms with van der Waals surface area (Å²) >= 11 is 5.94. The van der Waals surface area contributed by atoms with E-state index in [-0.39, 0.29) is 17.7 Å². The Kier molecular flexibility index (Phi) is 5.72. The van der Waals surface area contributed by atoms with Crippen LogP contribution in [0, 0.1) is 6.92 Å². The third-order valence-electron chi connectivity index (χ3n) is 5.54. The van der Waals surface area contributed by atoms with Crippen molar-refractivity contribution < 1.29 is 24.6 Å². The largest absolute Gasteiger partial charge is 0.480 e. The van der Waals surface area contributed by atoms with Gasteiger partial charge in [0.25, 0.3) is 0 Å². The first kappa shape index (κ1) is 21.6. The Morgan fingerprint density at radius 3 is 2.10 bits per heavy atom. The molecule has 0 bridgehead atoms. The highest BCUT2D eigenvalue weighted by Crippen LogP contribution is 2.40. The van der Waals surface area contributed by atoms with Crippen molar-refractivity contribution in [1.29, 1.82) is 0 Å². The lowest BCUT2D eigenvalue weighted by Crippen LogP contribution is -2.44. The SMILES string of the molecule is CCn1c(C(=O)c2ccc(Cl)cc2)c(C(CC)(C(=O)O)C(=O)O)c2cc(C)ccc21. The molecule has 0 spiro atoms. The number of aryl methyl sites for hydroxylation is 2. The van der Waals surface area contributed by atoms with Gasteiger partial charge in [0.1, 0.15) is 0 Å². The number of carboxylic acids is 2. The quantitative estimate of drug-likeness (QED) is 0.422. The number of fused-ring (bicyclic) bond motifs is 1. The van der Waals surface area contributed by atoms with Gasteiger partial charge in [-0.3, -0.25) is 14.4 Å². The standard InChI is InChI=1S/C23H22ClNO5/c1-4-23(21(27)28,22(29)30)18-16-12-13(3)6-11-17(16)25(5-2)19(18)20(26)14-7-9-15(24)10-8-14/h6-12H,4-5H2,1-3H3,(H,27,28)(H,29,30). The number of aliphatic carboxylic acids is 2. The highest BCUT2D eigenvalue weighted by atomic mass is 35.5. The summed E-state index contributed by atoms with van der Waals surface area (Å²) in [4.78, 5) is 38.3. The Morgan fingerprint density at radius 1 is 1.00 bits per heavy atom. The van der Waals surface area contributed by atoms with Crippen LogP contribution < -0.4 is 0 Å². The molecule has 0 aliphatic carbocycles. The molecular formula is C23H22ClNO5. The van der Waals surface area contributed by atoms with Crippen LogP contribution in [0.2, 0.25) is 5.02 Å². The maximum absolute atomic E-state index is 13.6. The van der Waals surface area contributed by atoms with Crippen molar-refractivity contribution >= 4 is 40.2 Å². The van der Waals surface area contributed by atoms with Crippen molar-refractivity contribution in [3.05, 3.63) is 69.9 Å². The molecule has 0 unspecified atom stereocenters. The van der Waals surface area contributed by atoms with Gasteiger partial charge in [0, 0.05) is 33.6 Å². The summed E-state index contributed by atoms with van der Waals surface area (Å²) in [5, 5.41) is 21.0. The summed E-state index contributed by atoms with van der Waals surface area (Å²) in [5.74, 6) is -3.45. The van der Waals surface area contributed by atoms with Crippen LogP contribution in [-0.4, -0.2) is 32.5 Å². The number of carboxylic acid groups (broad SMARTS) is 2. The molecule has 2 aromatic carbocycles. The highest BCUT2D eigenvalue weighted by Gasteiger charge is 2.51. The minimum atomic E-state index is -2.26. The van der Waals surface area contributed by atoms with Gasteiger partial charge in [0.2, 0.25) is 5.78 Å². The molecule has 0 aliphatic rings. The van der Waals surface area contributed by atoms with E-state index in [1.165, 1.54) is 6.92 Å². The third-order valence-corrected chi connectivity index (χ3v) is 5.80. The fourth-order valence-corrected chi connectivity index (χ4v) is 4.11. The van der Waals surface area contributed by atoms with Crippen molar-refractivity contribution in [2.24, 2.45) is 0 Å². The van der Waals surface area contributed by atoms with Crippen LogP contribution in [0.15, 0.2) is 42.5 Å².